The molecule has 2 aromatic rings. The predicted molar refractivity (Wildman–Crippen MR) is 80.4 cm³/mol. The van der Waals surface area contributed by atoms with E-state index in [0.717, 1.165) is 16.8 Å². The minimum atomic E-state index is 0.0429. The fourth-order valence-electron chi connectivity index (χ4n) is 2.19. The number of hydrogen-bond acceptors (Lipinski definition) is 1. The summed E-state index contributed by atoms with van der Waals surface area (Å²) in [7, 11) is 1.80. The lowest BCUT2D eigenvalue weighted by molar-refractivity contribution is -0.116. The maximum absolute atomic E-state index is 11.5. The summed E-state index contributed by atoms with van der Waals surface area (Å²) in [6.45, 7) is 5.74. The standard InChI is InChI=1S/C17H19NO/c1-12-9-15(17-8-6-5-7-13(17)2)11-16(10-12)18(4)14(3)19/h5-11H,1-4H3. The fourth-order valence-corrected chi connectivity index (χ4v) is 2.19. The molecule has 0 saturated heterocycles. The second kappa shape index (κ2) is 5.27. The van der Waals surface area contributed by atoms with E-state index in [2.05, 4.69) is 38.1 Å². The van der Waals surface area contributed by atoms with Gasteiger partial charge in [-0.25, -0.2) is 0 Å². The molecule has 0 heterocycles. The van der Waals surface area contributed by atoms with Crippen LogP contribution in [-0.2, 0) is 4.79 Å². The summed E-state index contributed by atoms with van der Waals surface area (Å²) in [4.78, 5) is 13.2. The van der Waals surface area contributed by atoms with Crippen LogP contribution in [0.1, 0.15) is 18.1 Å². The summed E-state index contributed by atoms with van der Waals surface area (Å²) in [6.07, 6.45) is 0. The van der Waals surface area contributed by atoms with Gasteiger partial charge in [0.15, 0.2) is 0 Å². The molecule has 0 N–H and O–H groups in total. The van der Waals surface area contributed by atoms with Crippen LogP contribution in [0.15, 0.2) is 42.5 Å². The summed E-state index contributed by atoms with van der Waals surface area (Å²) >= 11 is 0. The molecule has 0 aliphatic heterocycles. The van der Waals surface area contributed by atoms with Gasteiger partial charge in [-0.2, -0.15) is 0 Å². The largest absolute Gasteiger partial charge is 0.316 e. The van der Waals surface area contributed by atoms with Crippen molar-refractivity contribution in [1.29, 1.82) is 0 Å². The highest BCUT2D eigenvalue weighted by atomic mass is 16.2. The Hall–Kier alpha value is -2.09. The van der Waals surface area contributed by atoms with Crippen LogP contribution in [0.25, 0.3) is 11.1 Å². The van der Waals surface area contributed by atoms with E-state index in [1.807, 2.05) is 18.2 Å². The van der Waals surface area contributed by atoms with Crippen LogP contribution in [0, 0.1) is 13.8 Å². The van der Waals surface area contributed by atoms with E-state index in [1.165, 1.54) is 11.1 Å². The molecule has 0 spiro atoms. The van der Waals surface area contributed by atoms with Gasteiger partial charge in [0.2, 0.25) is 5.91 Å². The number of aryl methyl sites for hydroxylation is 2. The third kappa shape index (κ3) is 2.84. The molecule has 0 atom stereocenters. The van der Waals surface area contributed by atoms with Crippen molar-refractivity contribution < 1.29 is 4.79 Å². The average Bonchev–Trinajstić information content (AvgIpc) is 2.37. The molecule has 0 bridgehead atoms. The van der Waals surface area contributed by atoms with E-state index in [1.54, 1.807) is 18.9 Å². The lowest BCUT2D eigenvalue weighted by Gasteiger charge is -2.17. The highest BCUT2D eigenvalue weighted by Crippen LogP contribution is 2.28. The number of nitrogens with zero attached hydrogens (tertiary/aromatic N) is 1. The SMILES string of the molecule is CC(=O)N(C)c1cc(C)cc(-c2ccccc2C)c1. The minimum Gasteiger partial charge on any atom is -0.316 e. The Morgan fingerprint density at radius 1 is 1.05 bits per heavy atom. The highest BCUT2D eigenvalue weighted by molar-refractivity contribution is 5.92. The van der Waals surface area contributed by atoms with E-state index >= 15 is 0 Å². The quantitative estimate of drug-likeness (QED) is 0.793. The minimum absolute atomic E-state index is 0.0429. The van der Waals surface area contributed by atoms with Crippen LogP contribution in [0.4, 0.5) is 5.69 Å². The van der Waals surface area contributed by atoms with E-state index in [0.29, 0.717) is 0 Å². The lowest BCUT2D eigenvalue weighted by atomic mass is 9.98. The van der Waals surface area contributed by atoms with Gasteiger partial charge in [0.1, 0.15) is 0 Å². The molecule has 0 fully saturated rings. The van der Waals surface area contributed by atoms with Crippen molar-refractivity contribution >= 4 is 11.6 Å². The first-order valence-electron chi connectivity index (χ1n) is 6.41. The van der Waals surface area contributed by atoms with Gasteiger partial charge in [-0.1, -0.05) is 30.3 Å². The first kappa shape index (κ1) is 13.3. The van der Waals surface area contributed by atoms with Gasteiger partial charge in [-0.3, -0.25) is 4.79 Å². The second-order valence-electron chi connectivity index (χ2n) is 4.95. The number of carbonyl (C=O) groups excluding carboxylic acids is 1. The van der Waals surface area contributed by atoms with E-state index in [-0.39, 0.29) is 5.91 Å². The Morgan fingerprint density at radius 2 is 1.74 bits per heavy atom. The van der Waals surface area contributed by atoms with Crippen molar-refractivity contribution in [3.8, 4) is 11.1 Å². The molecule has 0 aromatic heterocycles. The average molecular weight is 253 g/mol. The maximum Gasteiger partial charge on any atom is 0.223 e. The Bertz CT molecular complexity index is 616. The number of rotatable bonds is 2. The molecule has 2 nitrogen and oxygen atoms in total. The summed E-state index contributed by atoms with van der Waals surface area (Å²) in [5, 5.41) is 0. The van der Waals surface area contributed by atoms with Gasteiger partial charge in [-0.05, 0) is 48.2 Å². The van der Waals surface area contributed by atoms with Crippen molar-refractivity contribution in [2.75, 3.05) is 11.9 Å². The Morgan fingerprint density at radius 3 is 2.37 bits per heavy atom. The van der Waals surface area contributed by atoms with E-state index in [4.69, 9.17) is 0 Å². The van der Waals surface area contributed by atoms with Crippen LogP contribution < -0.4 is 4.90 Å². The number of carbonyl (C=O) groups is 1. The molecule has 2 rings (SSSR count). The Balaban J connectivity index is 2.54. The molecule has 1 amide bonds. The molecule has 2 aromatic carbocycles. The smallest absolute Gasteiger partial charge is 0.223 e. The molecule has 0 aliphatic carbocycles. The zero-order valence-electron chi connectivity index (χ0n) is 11.9. The van der Waals surface area contributed by atoms with Gasteiger partial charge in [0.25, 0.3) is 0 Å². The highest BCUT2D eigenvalue weighted by Gasteiger charge is 2.09. The fraction of sp³-hybridized carbons (Fsp3) is 0.235. The van der Waals surface area contributed by atoms with Gasteiger partial charge in [0.05, 0.1) is 0 Å². The Labute approximate surface area is 114 Å². The van der Waals surface area contributed by atoms with E-state index < -0.39 is 0 Å². The summed E-state index contributed by atoms with van der Waals surface area (Å²) in [6, 6.07) is 14.5. The molecule has 2 heteroatoms. The second-order valence-corrected chi connectivity index (χ2v) is 4.95. The molecular weight excluding hydrogens is 234 g/mol. The van der Waals surface area contributed by atoms with Crippen LogP contribution >= 0.6 is 0 Å². The molecule has 0 aliphatic rings. The van der Waals surface area contributed by atoms with Crippen LogP contribution in [0.5, 0.6) is 0 Å². The number of amides is 1. The summed E-state index contributed by atoms with van der Waals surface area (Å²) in [5.74, 6) is 0.0429. The zero-order valence-corrected chi connectivity index (χ0v) is 11.9. The number of anilines is 1. The molecular formula is C17H19NO. The predicted octanol–water partition coefficient (Wildman–Crippen LogP) is 3.95. The van der Waals surface area contributed by atoms with Crippen molar-refractivity contribution in [3.05, 3.63) is 53.6 Å². The molecule has 0 radical (unpaired) electrons. The number of benzene rings is 2. The van der Waals surface area contributed by atoms with Crippen molar-refractivity contribution in [2.24, 2.45) is 0 Å². The topological polar surface area (TPSA) is 20.3 Å². The molecule has 19 heavy (non-hydrogen) atoms. The lowest BCUT2D eigenvalue weighted by Crippen LogP contribution is -2.22. The van der Waals surface area contributed by atoms with Gasteiger partial charge < -0.3 is 4.90 Å². The zero-order chi connectivity index (χ0) is 14.0. The monoisotopic (exact) mass is 253 g/mol. The van der Waals surface area contributed by atoms with Gasteiger partial charge in [0, 0.05) is 19.7 Å². The van der Waals surface area contributed by atoms with Crippen LogP contribution in [-0.4, -0.2) is 13.0 Å². The first-order valence-corrected chi connectivity index (χ1v) is 6.41. The number of hydrogen-bond donors (Lipinski definition) is 0. The Kier molecular flexibility index (Phi) is 3.70. The summed E-state index contributed by atoms with van der Waals surface area (Å²) < 4.78 is 0. The molecule has 0 saturated carbocycles. The summed E-state index contributed by atoms with van der Waals surface area (Å²) in [5.41, 5.74) is 5.70. The van der Waals surface area contributed by atoms with Gasteiger partial charge >= 0.3 is 0 Å². The molecule has 98 valence electrons. The first-order chi connectivity index (χ1) is 8.99. The maximum atomic E-state index is 11.5. The van der Waals surface area contributed by atoms with Crippen molar-refractivity contribution in [1.82, 2.24) is 0 Å². The third-order valence-corrected chi connectivity index (χ3v) is 3.38. The van der Waals surface area contributed by atoms with Gasteiger partial charge in [-0.15, -0.1) is 0 Å². The normalized spacial score (nSPS) is 10.3. The van der Waals surface area contributed by atoms with Crippen LogP contribution in [0.3, 0.4) is 0 Å². The van der Waals surface area contributed by atoms with Crippen LogP contribution in [0.2, 0.25) is 0 Å². The molecule has 0 unspecified atom stereocenters. The van der Waals surface area contributed by atoms with E-state index in [9.17, 15) is 4.79 Å². The third-order valence-electron chi connectivity index (χ3n) is 3.38. The van der Waals surface area contributed by atoms with Crippen molar-refractivity contribution in [3.63, 3.8) is 0 Å². The van der Waals surface area contributed by atoms with Crippen molar-refractivity contribution in [2.45, 2.75) is 20.8 Å².